The van der Waals surface area contributed by atoms with Crippen LogP contribution in [0.1, 0.15) is 12.0 Å². The molecule has 0 fully saturated rings. The van der Waals surface area contributed by atoms with E-state index in [0.717, 1.165) is 17.7 Å². The lowest BCUT2D eigenvalue weighted by atomic mass is 10.0. The van der Waals surface area contributed by atoms with Crippen molar-refractivity contribution in [3.8, 4) is 0 Å². The van der Waals surface area contributed by atoms with Gasteiger partial charge in [0.15, 0.2) is 0 Å². The Kier molecular flexibility index (Phi) is 5.79. The van der Waals surface area contributed by atoms with E-state index < -0.39 is 0 Å². The highest BCUT2D eigenvalue weighted by Gasteiger charge is 2.25. The number of benzene rings is 1. The Bertz CT molecular complexity index is 465. The zero-order chi connectivity index (χ0) is 13.0. The van der Waals surface area contributed by atoms with Gasteiger partial charge in [-0.1, -0.05) is 18.2 Å². The van der Waals surface area contributed by atoms with Gasteiger partial charge in [-0.2, -0.15) is 0 Å². The number of fused-ring (bicyclic) bond motifs is 1. The van der Waals surface area contributed by atoms with E-state index >= 15 is 0 Å². The lowest BCUT2D eigenvalue weighted by Gasteiger charge is -2.28. The Morgan fingerprint density at radius 2 is 2.05 bits per heavy atom. The minimum absolute atomic E-state index is 0. The highest BCUT2D eigenvalue weighted by Crippen LogP contribution is 2.26. The maximum Gasteiger partial charge on any atom is 0.240 e. The Morgan fingerprint density at radius 3 is 2.79 bits per heavy atom. The highest BCUT2D eigenvalue weighted by molar-refractivity contribution is 6.00. The zero-order valence-electron chi connectivity index (χ0n) is 10.6. The number of nitrogens with zero attached hydrogens (tertiary/aromatic N) is 1. The van der Waals surface area contributed by atoms with Gasteiger partial charge in [-0.15, -0.1) is 12.4 Å². The lowest BCUT2D eigenvalue weighted by molar-refractivity contribution is -0.124. The molecule has 3 N–H and O–H groups in total. The quantitative estimate of drug-likeness (QED) is 0.843. The van der Waals surface area contributed by atoms with Crippen molar-refractivity contribution in [2.24, 2.45) is 5.73 Å². The first-order chi connectivity index (χ1) is 8.72. The number of carbonyl (C=O) groups is 2. The van der Waals surface area contributed by atoms with Gasteiger partial charge in [0, 0.05) is 25.2 Å². The van der Waals surface area contributed by atoms with Crippen molar-refractivity contribution in [3.05, 3.63) is 29.8 Å². The summed E-state index contributed by atoms with van der Waals surface area (Å²) < 4.78 is 0. The lowest BCUT2D eigenvalue weighted by Crippen LogP contribution is -2.44. The van der Waals surface area contributed by atoms with Crippen LogP contribution in [0.3, 0.4) is 0 Å². The summed E-state index contributed by atoms with van der Waals surface area (Å²) in [5, 5.41) is 2.67. The molecule has 0 radical (unpaired) electrons. The number of nitrogens with two attached hydrogens (primary N) is 1. The second-order valence-electron chi connectivity index (χ2n) is 4.25. The molecule has 1 aromatic rings. The molecule has 0 aliphatic carbocycles. The van der Waals surface area contributed by atoms with Crippen LogP contribution in [-0.4, -0.2) is 31.4 Å². The number of carbonyl (C=O) groups excluding carboxylic acids is 2. The van der Waals surface area contributed by atoms with Crippen LogP contribution in [0.25, 0.3) is 0 Å². The van der Waals surface area contributed by atoms with E-state index in [1.807, 2.05) is 24.3 Å². The summed E-state index contributed by atoms with van der Waals surface area (Å²) in [6.07, 6.45) is 1.21. The molecule has 0 bridgehead atoms. The van der Waals surface area contributed by atoms with E-state index in [1.54, 1.807) is 4.90 Å². The average molecular weight is 284 g/mol. The fraction of sp³-hybridized carbons (Fsp3) is 0.385. The van der Waals surface area contributed by atoms with Crippen LogP contribution >= 0.6 is 12.4 Å². The number of anilines is 1. The molecule has 0 atom stereocenters. The number of rotatable bonds is 4. The summed E-state index contributed by atoms with van der Waals surface area (Å²) >= 11 is 0. The first kappa shape index (κ1) is 15.5. The average Bonchev–Trinajstić information content (AvgIpc) is 2.40. The molecule has 0 spiro atoms. The zero-order valence-corrected chi connectivity index (χ0v) is 11.4. The molecule has 0 saturated carbocycles. The standard InChI is InChI=1S/C13H17N3O2.ClH/c14-7-8-15-12(17)9-16-11-4-2-1-3-10(11)5-6-13(16)18;/h1-4H,5-9,14H2,(H,15,17);1H. The molecular formula is C13H18ClN3O2. The smallest absolute Gasteiger partial charge is 0.240 e. The van der Waals surface area contributed by atoms with E-state index in [1.165, 1.54) is 0 Å². The topological polar surface area (TPSA) is 75.4 Å². The van der Waals surface area contributed by atoms with E-state index in [2.05, 4.69) is 5.32 Å². The third-order valence-electron chi connectivity index (χ3n) is 2.96. The maximum atomic E-state index is 11.9. The van der Waals surface area contributed by atoms with Gasteiger partial charge in [-0.25, -0.2) is 0 Å². The molecule has 1 aromatic carbocycles. The molecule has 104 valence electrons. The number of hydrogen-bond donors (Lipinski definition) is 2. The van der Waals surface area contributed by atoms with Gasteiger partial charge in [0.2, 0.25) is 11.8 Å². The second kappa shape index (κ2) is 7.11. The first-order valence-electron chi connectivity index (χ1n) is 6.07. The van der Waals surface area contributed by atoms with E-state index in [0.29, 0.717) is 19.5 Å². The molecule has 2 amide bonds. The predicted octanol–water partition coefficient (Wildman–Crippen LogP) is 0.463. The first-order valence-corrected chi connectivity index (χ1v) is 6.07. The van der Waals surface area contributed by atoms with Gasteiger partial charge in [-0.3, -0.25) is 9.59 Å². The predicted molar refractivity (Wildman–Crippen MR) is 76.4 cm³/mol. The number of aryl methyl sites for hydroxylation is 1. The van der Waals surface area contributed by atoms with Crippen molar-refractivity contribution in [1.82, 2.24) is 5.32 Å². The Hall–Kier alpha value is -1.59. The van der Waals surface area contributed by atoms with Crippen molar-refractivity contribution < 1.29 is 9.59 Å². The van der Waals surface area contributed by atoms with Gasteiger partial charge in [-0.05, 0) is 18.1 Å². The Morgan fingerprint density at radius 1 is 1.32 bits per heavy atom. The van der Waals surface area contributed by atoms with Crippen LogP contribution < -0.4 is 16.0 Å². The Balaban J connectivity index is 0.00000180. The van der Waals surface area contributed by atoms with Gasteiger partial charge in [0.25, 0.3) is 0 Å². The van der Waals surface area contributed by atoms with Gasteiger partial charge in [0.05, 0.1) is 0 Å². The Labute approximate surface area is 118 Å². The number of halogens is 1. The molecule has 1 aliphatic heterocycles. The summed E-state index contributed by atoms with van der Waals surface area (Å²) in [5.41, 5.74) is 7.28. The minimum atomic E-state index is -0.175. The molecule has 6 heteroatoms. The summed E-state index contributed by atoms with van der Waals surface area (Å²) in [5.74, 6) is -0.179. The minimum Gasteiger partial charge on any atom is -0.353 e. The molecule has 1 aliphatic rings. The number of nitrogens with one attached hydrogen (secondary N) is 1. The van der Waals surface area contributed by atoms with Crippen molar-refractivity contribution in [2.45, 2.75) is 12.8 Å². The van der Waals surface area contributed by atoms with Crippen molar-refractivity contribution >= 4 is 29.9 Å². The van der Waals surface area contributed by atoms with Crippen molar-refractivity contribution in [2.75, 3.05) is 24.5 Å². The molecule has 5 nitrogen and oxygen atoms in total. The van der Waals surface area contributed by atoms with Crippen LogP contribution in [0.2, 0.25) is 0 Å². The van der Waals surface area contributed by atoms with Gasteiger partial charge < -0.3 is 16.0 Å². The van der Waals surface area contributed by atoms with Gasteiger partial charge >= 0.3 is 0 Å². The fourth-order valence-corrected chi connectivity index (χ4v) is 2.08. The third-order valence-corrected chi connectivity index (χ3v) is 2.96. The summed E-state index contributed by atoms with van der Waals surface area (Å²) in [7, 11) is 0. The molecule has 1 heterocycles. The maximum absolute atomic E-state index is 11.9. The van der Waals surface area contributed by atoms with E-state index in [9.17, 15) is 9.59 Å². The van der Waals surface area contributed by atoms with E-state index in [4.69, 9.17) is 5.73 Å². The third kappa shape index (κ3) is 3.68. The summed E-state index contributed by atoms with van der Waals surface area (Å²) in [6, 6.07) is 7.69. The highest BCUT2D eigenvalue weighted by atomic mass is 35.5. The monoisotopic (exact) mass is 283 g/mol. The van der Waals surface area contributed by atoms with Crippen molar-refractivity contribution in [3.63, 3.8) is 0 Å². The molecule has 0 unspecified atom stereocenters. The molecule has 0 aromatic heterocycles. The number of hydrogen-bond acceptors (Lipinski definition) is 3. The van der Waals surface area contributed by atoms with Crippen molar-refractivity contribution in [1.29, 1.82) is 0 Å². The van der Waals surface area contributed by atoms with Gasteiger partial charge in [0.1, 0.15) is 6.54 Å². The fourth-order valence-electron chi connectivity index (χ4n) is 2.08. The van der Waals surface area contributed by atoms with Crippen LogP contribution in [-0.2, 0) is 16.0 Å². The van der Waals surface area contributed by atoms with E-state index in [-0.39, 0.29) is 30.8 Å². The van der Waals surface area contributed by atoms with Crippen LogP contribution in [0, 0.1) is 0 Å². The number of para-hydroxylation sites is 1. The normalized spacial score (nSPS) is 13.5. The largest absolute Gasteiger partial charge is 0.353 e. The summed E-state index contributed by atoms with van der Waals surface area (Å²) in [6.45, 7) is 0.897. The molecule has 2 rings (SSSR count). The SMILES string of the molecule is Cl.NCCNC(=O)CN1C(=O)CCc2ccccc21. The van der Waals surface area contributed by atoms with Crippen LogP contribution in [0.4, 0.5) is 5.69 Å². The molecular weight excluding hydrogens is 266 g/mol. The number of amides is 2. The molecule has 0 saturated heterocycles. The summed E-state index contributed by atoms with van der Waals surface area (Å²) in [4.78, 5) is 25.1. The van der Waals surface area contributed by atoms with Crippen LogP contribution in [0.5, 0.6) is 0 Å². The van der Waals surface area contributed by atoms with Crippen LogP contribution in [0.15, 0.2) is 24.3 Å². The molecule has 19 heavy (non-hydrogen) atoms. The second-order valence-corrected chi connectivity index (χ2v) is 4.25.